The van der Waals surface area contributed by atoms with Crippen molar-refractivity contribution >= 4 is 14.2 Å². The fourth-order valence-corrected chi connectivity index (χ4v) is 2.06. The molecule has 1 rings (SSSR count). The number of hydrogen-bond donors (Lipinski definition) is 6. The molecule has 0 radical (unpaired) electrons. The van der Waals surface area contributed by atoms with E-state index in [0.717, 1.165) is 38.9 Å². The van der Waals surface area contributed by atoms with Crippen LogP contribution in [0.5, 0.6) is 0 Å². The van der Waals surface area contributed by atoms with Gasteiger partial charge in [-0.2, -0.15) is 5.21 Å². The zero-order valence-corrected chi connectivity index (χ0v) is 15.3. The lowest BCUT2D eigenvalue weighted by Gasteiger charge is -2.14. The van der Waals surface area contributed by atoms with Crippen molar-refractivity contribution in [2.24, 2.45) is 0 Å². The summed E-state index contributed by atoms with van der Waals surface area (Å²) in [5.74, 6) is 0.683. The first-order chi connectivity index (χ1) is 11.8. The summed E-state index contributed by atoms with van der Waals surface area (Å²) >= 11 is 0. The van der Waals surface area contributed by atoms with Crippen LogP contribution in [0.3, 0.4) is 0 Å². The summed E-state index contributed by atoms with van der Waals surface area (Å²) in [7, 11) is 3.12. The van der Waals surface area contributed by atoms with E-state index < -0.39 is 14.2 Å². The predicted octanol–water partition coefficient (Wildman–Crippen LogP) is -2.75. The van der Waals surface area contributed by atoms with Gasteiger partial charge in [-0.15, -0.1) is 10.2 Å². The smallest absolute Gasteiger partial charge is 0.426 e. The normalized spacial score (nSPS) is 10.3. The highest BCUT2D eigenvalue weighted by Gasteiger charge is 2.10. The highest BCUT2D eigenvalue weighted by Crippen LogP contribution is 1.94. The van der Waals surface area contributed by atoms with E-state index in [-0.39, 0.29) is 13.9 Å². The fraction of sp³-hybridized carbons (Fsp3) is 0.923. The van der Waals surface area contributed by atoms with Crippen molar-refractivity contribution in [1.29, 1.82) is 0 Å². The summed E-state index contributed by atoms with van der Waals surface area (Å²) in [5, 5.41) is 51.0. The second-order valence-electron chi connectivity index (χ2n) is 5.87. The molecular weight excluding hydrogens is 340 g/mol. The molecule has 0 unspecified atom stereocenters. The monoisotopic (exact) mass is 375 g/mol. The van der Waals surface area contributed by atoms with Gasteiger partial charge in [0.2, 0.25) is 0 Å². The van der Waals surface area contributed by atoms with Crippen LogP contribution in [0.4, 0.5) is 0 Å². The van der Waals surface area contributed by atoms with Gasteiger partial charge in [-0.1, -0.05) is 12.6 Å². The second kappa shape index (κ2) is 17.3. The molecule has 6 N–H and O–H groups in total. The van der Waals surface area contributed by atoms with Gasteiger partial charge in [0.05, 0.1) is 0 Å². The summed E-state index contributed by atoms with van der Waals surface area (Å²) in [4.78, 5) is 3.73. The van der Waals surface area contributed by atoms with Gasteiger partial charge in [-0.25, -0.2) is 0 Å². The Morgan fingerprint density at radius 2 is 1.54 bits per heavy atom. The van der Waals surface area contributed by atoms with Crippen molar-refractivity contribution in [2.75, 3.05) is 53.7 Å². The second-order valence-corrected chi connectivity index (χ2v) is 5.87. The molecule has 0 aromatic carbocycles. The summed E-state index contributed by atoms with van der Waals surface area (Å²) in [6, 6.07) is 0. The number of hydrogen-bond acceptors (Lipinski definition) is 10. The first-order valence-electron chi connectivity index (χ1n) is 8.31. The van der Waals surface area contributed by atoms with Crippen molar-refractivity contribution in [2.45, 2.75) is 26.7 Å². The van der Waals surface area contributed by atoms with Gasteiger partial charge in [0.25, 0.3) is 0 Å². The van der Waals surface area contributed by atoms with Crippen molar-refractivity contribution in [1.82, 2.24) is 35.7 Å². The maximum absolute atomic E-state index is 8.68. The number of rotatable bonds is 12. The molecule has 26 heavy (non-hydrogen) atoms. The third kappa shape index (κ3) is 17.7. The quantitative estimate of drug-likeness (QED) is 0.167. The molecule has 0 bridgehead atoms. The minimum atomic E-state index is -1.27. The Bertz CT molecular complexity index is 402. The molecule has 152 valence electrons. The predicted molar refractivity (Wildman–Crippen MR) is 103 cm³/mol. The molecule has 0 saturated carbocycles. The first-order valence-corrected chi connectivity index (χ1v) is 8.31. The van der Waals surface area contributed by atoms with E-state index in [9.17, 15) is 0 Å². The Balaban J connectivity index is 0. The van der Waals surface area contributed by atoms with Gasteiger partial charge in [0.1, 0.15) is 0 Å². The summed E-state index contributed by atoms with van der Waals surface area (Å²) in [6.45, 7) is 2.62. The molecule has 0 amide bonds. The van der Waals surface area contributed by atoms with Gasteiger partial charge >= 0.3 is 14.2 Å². The van der Waals surface area contributed by atoms with Crippen LogP contribution in [-0.2, 0) is 6.42 Å². The van der Waals surface area contributed by atoms with E-state index in [1.807, 2.05) is 30.9 Å². The summed E-state index contributed by atoms with van der Waals surface area (Å²) < 4.78 is 0. The number of aromatic amines is 1. The van der Waals surface area contributed by atoms with Crippen LogP contribution in [-0.4, -0.2) is 118 Å². The van der Waals surface area contributed by atoms with E-state index >= 15 is 0 Å². The van der Waals surface area contributed by atoms with Crippen molar-refractivity contribution in [3.63, 3.8) is 0 Å². The minimum Gasteiger partial charge on any atom is -0.426 e. The van der Waals surface area contributed by atoms with Crippen LogP contribution >= 0.6 is 0 Å². The minimum absolute atomic E-state index is 0. The van der Waals surface area contributed by atoms with Crippen LogP contribution in [0.2, 0.25) is 0 Å². The molecule has 13 heteroatoms. The Hall–Kier alpha value is -1.08. The SMILES string of the molecule is C.CN(CCCc1nn[nH]n1)CB(O)O.CNCCCN(C)CB(O)O. The first kappa shape index (κ1) is 27.1. The molecule has 0 atom stereocenters. The molecule has 0 aliphatic carbocycles. The van der Waals surface area contributed by atoms with E-state index in [1.165, 1.54) is 0 Å². The van der Waals surface area contributed by atoms with E-state index in [2.05, 4.69) is 25.9 Å². The number of nitrogens with one attached hydrogen (secondary N) is 2. The Morgan fingerprint density at radius 1 is 1.00 bits per heavy atom. The van der Waals surface area contributed by atoms with E-state index in [0.29, 0.717) is 12.3 Å². The largest absolute Gasteiger partial charge is 0.466 e. The third-order valence-electron chi connectivity index (χ3n) is 3.25. The van der Waals surface area contributed by atoms with E-state index in [4.69, 9.17) is 20.1 Å². The zero-order chi connectivity index (χ0) is 19.1. The van der Waals surface area contributed by atoms with Gasteiger partial charge < -0.3 is 35.2 Å². The maximum atomic E-state index is 8.68. The standard InChI is InChI=1S/C6H14BN5O2.C6H17BN2O2.CH4/c1-12(5-7(13)14)4-2-3-6-8-10-11-9-6;1-8-4-3-5-9(2)6-7(10)11;/h13-14H,2-5H2,1H3,(H,8,9,10,11);8,10-11H,3-6H2,1-2H3;1H4. The van der Waals surface area contributed by atoms with Crippen LogP contribution in [0.15, 0.2) is 0 Å². The zero-order valence-electron chi connectivity index (χ0n) is 15.3. The summed E-state index contributed by atoms with van der Waals surface area (Å²) in [5.41, 5.74) is 0. The Labute approximate surface area is 157 Å². The van der Waals surface area contributed by atoms with Gasteiger partial charge in [0.15, 0.2) is 5.82 Å². The molecule has 0 spiro atoms. The lowest BCUT2D eigenvalue weighted by molar-refractivity contribution is 0.316. The fourth-order valence-electron chi connectivity index (χ4n) is 2.06. The van der Waals surface area contributed by atoms with Gasteiger partial charge in [-0.05, 0) is 53.6 Å². The van der Waals surface area contributed by atoms with Crippen LogP contribution in [0.25, 0.3) is 0 Å². The third-order valence-corrected chi connectivity index (χ3v) is 3.25. The molecule has 1 aromatic heterocycles. The number of H-pyrrole nitrogens is 1. The molecular formula is C13H35B2N7O4. The van der Waals surface area contributed by atoms with Gasteiger partial charge in [-0.3, -0.25) is 0 Å². The average Bonchev–Trinajstić information content (AvgIpc) is 3.00. The van der Waals surface area contributed by atoms with Crippen molar-refractivity contribution < 1.29 is 20.1 Å². The number of nitrogens with zero attached hydrogens (tertiary/aromatic N) is 5. The molecule has 0 aliphatic rings. The van der Waals surface area contributed by atoms with Crippen molar-refractivity contribution in [3.05, 3.63) is 5.82 Å². The van der Waals surface area contributed by atoms with Crippen LogP contribution in [0.1, 0.15) is 26.1 Å². The van der Waals surface area contributed by atoms with E-state index in [1.54, 1.807) is 0 Å². The Kier molecular flexibility index (Phi) is 18.1. The highest BCUT2D eigenvalue weighted by molar-refractivity contribution is 6.41. The maximum Gasteiger partial charge on any atom is 0.466 e. The summed E-state index contributed by atoms with van der Waals surface area (Å²) in [6.07, 6.45) is 3.21. The Morgan fingerprint density at radius 3 is 1.96 bits per heavy atom. The molecule has 0 aliphatic heterocycles. The number of aryl methyl sites for hydroxylation is 1. The molecule has 11 nitrogen and oxygen atoms in total. The molecule has 0 fully saturated rings. The number of aromatic nitrogens is 4. The topological polar surface area (TPSA) is 154 Å². The van der Waals surface area contributed by atoms with Crippen LogP contribution in [0, 0.1) is 0 Å². The molecule has 0 saturated heterocycles. The molecule has 1 aromatic rings. The number of tetrazole rings is 1. The average molecular weight is 375 g/mol. The molecule has 1 heterocycles. The van der Waals surface area contributed by atoms with Gasteiger partial charge in [0, 0.05) is 19.3 Å². The van der Waals surface area contributed by atoms with Crippen molar-refractivity contribution in [3.8, 4) is 0 Å². The highest BCUT2D eigenvalue weighted by atomic mass is 16.4. The van der Waals surface area contributed by atoms with Crippen LogP contribution < -0.4 is 5.32 Å². The lowest BCUT2D eigenvalue weighted by Crippen LogP contribution is -2.34. The lowest BCUT2D eigenvalue weighted by atomic mass is 9.91.